The quantitative estimate of drug-likeness (QED) is 0.523. The second kappa shape index (κ2) is 6.49. The maximum Gasteiger partial charge on any atom is 0.269 e. The Kier molecular flexibility index (Phi) is 4.24. The van der Waals surface area contributed by atoms with E-state index in [4.69, 9.17) is 9.26 Å². The number of rotatable bonds is 5. The number of aromatic nitrogens is 2. The number of methoxy groups -OCH3 is 1. The molecule has 1 atom stereocenters. The Morgan fingerprint density at radius 1 is 1.12 bits per heavy atom. The Hall–Kier alpha value is -3.22. The fourth-order valence-electron chi connectivity index (χ4n) is 2.30. The highest BCUT2D eigenvalue weighted by molar-refractivity contribution is 5.55. The lowest BCUT2D eigenvalue weighted by molar-refractivity contribution is -0.384. The largest absolute Gasteiger partial charge is 0.497 e. The van der Waals surface area contributed by atoms with Gasteiger partial charge in [0.1, 0.15) is 5.75 Å². The van der Waals surface area contributed by atoms with Crippen LogP contribution in [0.2, 0.25) is 0 Å². The van der Waals surface area contributed by atoms with E-state index >= 15 is 0 Å². The molecule has 0 amide bonds. The Morgan fingerprint density at radius 2 is 1.79 bits per heavy atom. The van der Waals surface area contributed by atoms with E-state index in [0.29, 0.717) is 11.7 Å². The van der Waals surface area contributed by atoms with Gasteiger partial charge < -0.3 is 9.26 Å². The summed E-state index contributed by atoms with van der Waals surface area (Å²) in [4.78, 5) is 14.7. The standard InChI is InChI=1S/C17H15N3O4/c1-11(12-3-7-14(8-4-12)20(21)22)17-18-16(19-24-17)13-5-9-15(23-2)10-6-13/h3-11H,1-2H3/t11-/m0/s1. The summed E-state index contributed by atoms with van der Waals surface area (Å²) in [5.41, 5.74) is 1.74. The van der Waals surface area contributed by atoms with Gasteiger partial charge in [0.2, 0.25) is 11.7 Å². The number of nitro benzene ring substituents is 1. The van der Waals surface area contributed by atoms with Crippen molar-refractivity contribution in [2.24, 2.45) is 0 Å². The van der Waals surface area contributed by atoms with E-state index in [1.54, 1.807) is 19.2 Å². The Morgan fingerprint density at radius 3 is 2.38 bits per heavy atom. The fraction of sp³-hybridized carbons (Fsp3) is 0.176. The molecule has 0 aliphatic carbocycles. The van der Waals surface area contributed by atoms with Crippen molar-refractivity contribution in [2.45, 2.75) is 12.8 Å². The minimum absolute atomic E-state index is 0.0513. The Balaban J connectivity index is 1.82. The molecule has 0 aliphatic heterocycles. The summed E-state index contributed by atoms with van der Waals surface area (Å²) >= 11 is 0. The van der Waals surface area contributed by atoms with E-state index < -0.39 is 4.92 Å². The number of non-ortho nitro benzene ring substituents is 1. The minimum Gasteiger partial charge on any atom is -0.497 e. The Labute approximate surface area is 138 Å². The number of nitro groups is 1. The number of ether oxygens (including phenoxy) is 1. The summed E-state index contributed by atoms with van der Waals surface area (Å²) in [6.07, 6.45) is 0. The zero-order valence-electron chi connectivity index (χ0n) is 13.2. The van der Waals surface area contributed by atoms with E-state index in [2.05, 4.69) is 10.1 Å². The molecule has 0 aliphatic rings. The monoisotopic (exact) mass is 325 g/mol. The molecule has 0 unspecified atom stereocenters. The van der Waals surface area contributed by atoms with Crippen LogP contribution in [0.5, 0.6) is 5.75 Å². The average molecular weight is 325 g/mol. The van der Waals surface area contributed by atoms with Crippen LogP contribution in [0, 0.1) is 10.1 Å². The maximum atomic E-state index is 10.7. The van der Waals surface area contributed by atoms with Gasteiger partial charge in [0.05, 0.1) is 18.0 Å². The summed E-state index contributed by atoms with van der Waals surface area (Å²) in [5.74, 6) is 1.53. The van der Waals surface area contributed by atoms with Crippen molar-refractivity contribution in [2.75, 3.05) is 7.11 Å². The second-order valence-electron chi connectivity index (χ2n) is 5.26. The van der Waals surface area contributed by atoms with Crippen LogP contribution in [0.15, 0.2) is 53.1 Å². The van der Waals surface area contributed by atoms with Crippen molar-refractivity contribution in [3.05, 3.63) is 70.1 Å². The second-order valence-corrected chi connectivity index (χ2v) is 5.26. The average Bonchev–Trinajstić information content (AvgIpc) is 3.11. The molecule has 0 N–H and O–H groups in total. The van der Waals surface area contributed by atoms with Gasteiger partial charge in [0, 0.05) is 17.7 Å². The lowest BCUT2D eigenvalue weighted by atomic mass is 10.0. The van der Waals surface area contributed by atoms with Crippen molar-refractivity contribution >= 4 is 5.69 Å². The van der Waals surface area contributed by atoms with Gasteiger partial charge in [-0.25, -0.2) is 0 Å². The third-order valence-corrected chi connectivity index (χ3v) is 3.76. The van der Waals surface area contributed by atoms with Crippen molar-refractivity contribution < 1.29 is 14.2 Å². The lowest BCUT2D eigenvalue weighted by Crippen LogP contribution is -1.97. The highest BCUT2D eigenvalue weighted by Gasteiger charge is 2.18. The van der Waals surface area contributed by atoms with Crippen LogP contribution in [0.4, 0.5) is 5.69 Å². The first-order chi connectivity index (χ1) is 11.6. The molecular formula is C17H15N3O4. The summed E-state index contributed by atoms with van der Waals surface area (Å²) in [5, 5.41) is 14.7. The van der Waals surface area contributed by atoms with Crippen molar-refractivity contribution in [1.29, 1.82) is 0 Å². The molecule has 0 fully saturated rings. The van der Waals surface area contributed by atoms with Gasteiger partial charge in [-0.2, -0.15) is 4.98 Å². The van der Waals surface area contributed by atoms with E-state index in [0.717, 1.165) is 16.9 Å². The van der Waals surface area contributed by atoms with E-state index in [1.165, 1.54) is 12.1 Å². The summed E-state index contributed by atoms with van der Waals surface area (Å²) < 4.78 is 10.5. The highest BCUT2D eigenvalue weighted by Crippen LogP contribution is 2.27. The number of benzene rings is 2. The first kappa shape index (κ1) is 15.7. The van der Waals surface area contributed by atoms with Crippen LogP contribution in [0.1, 0.15) is 24.3 Å². The molecule has 0 saturated carbocycles. The van der Waals surface area contributed by atoms with Crippen molar-refractivity contribution in [3.8, 4) is 17.1 Å². The molecule has 7 nitrogen and oxygen atoms in total. The number of hydrogen-bond donors (Lipinski definition) is 0. The molecule has 0 radical (unpaired) electrons. The molecule has 24 heavy (non-hydrogen) atoms. The van der Waals surface area contributed by atoms with Crippen molar-refractivity contribution in [3.63, 3.8) is 0 Å². The predicted molar refractivity (Wildman–Crippen MR) is 86.9 cm³/mol. The summed E-state index contributed by atoms with van der Waals surface area (Å²) in [6, 6.07) is 13.7. The van der Waals surface area contributed by atoms with Crippen molar-refractivity contribution in [1.82, 2.24) is 10.1 Å². The van der Waals surface area contributed by atoms with Gasteiger partial charge in [-0.3, -0.25) is 10.1 Å². The molecule has 7 heteroatoms. The first-order valence-electron chi connectivity index (χ1n) is 7.31. The zero-order valence-corrected chi connectivity index (χ0v) is 13.2. The molecule has 1 aromatic heterocycles. The molecular weight excluding hydrogens is 310 g/mol. The number of nitrogens with zero attached hydrogens (tertiary/aromatic N) is 3. The van der Waals surface area contributed by atoms with Crippen LogP contribution in [0.3, 0.4) is 0 Å². The molecule has 2 aromatic carbocycles. The SMILES string of the molecule is COc1ccc(-c2noc([C@@H](C)c3ccc([N+](=O)[O-])cc3)n2)cc1. The van der Waals surface area contributed by atoms with Gasteiger partial charge in [-0.05, 0) is 36.8 Å². The van der Waals surface area contributed by atoms with Gasteiger partial charge in [0.15, 0.2) is 0 Å². The molecule has 122 valence electrons. The summed E-state index contributed by atoms with van der Waals surface area (Å²) in [7, 11) is 1.60. The van der Waals surface area contributed by atoms with Gasteiger partial charge in [0.25, 0.3) is 5.69 Å². The third-order valence-electron chi connectivity index (χ3n) is 3.76. The molecule has 0 bridgehead atoms. The topological polar surface area (TPSA) is 91.3 Å². The first-order valence-corrected chi connectivity index (χ1v) is 7.31. The Bertz CT molecular complexity index is 841. The van der Waals surface area contributed by atoms with Gasteiger partial charge in [-0.15, -0.1) is 0 Å². The highest BCUT2D eigenvalue weighted by atomic mass is 16.6. The third kappa shape index (κ3) is 3.10. The van der Waals surface area contributed by atoms with E-state index in [9.17, 15) is 10.1 Å². The zero-order chi connectivity index (χ0) is 17.1. The molecule has 0 spiro atoms. The molecule has 3 aromatic rings. The van der Waals surface area contributed by atoms with Gasteiger partial charge >= 0.3 is 0 Å². The number of hydrogen-bond acceptors (Lipinski definition) is 6. The van der Waals surface area contributed by atoms with Crippen LogP contribution in [-0.4, -0.2) is 22.2 Å². The van der Waals surface area contributed by atoms with Crippen LogP contribution >= 0.6 is 0 Å². The van der Waals surface area contributed by atoms with E-state index in [-0.39, 0.29) is 11.6 Å². The lowest BCUT2D eigenvalue weighted by Gasteiger charge is -2.05. The van der Waals surface area contributed by atoms with Crippen LogP contribution in [0.25, 0.3) is 11.4 Å². The smallest absolute Gasteiger partial charge is 0.269 e. The molecule has 0 saturated heterocycles. The predicted octanol–water partition coefficient (Wildman–Crippen LogP) is 3.81. The van der Waals surface area contributed by atoms with Crippen LogP contribution < -0.4 is 4.74 Å². The van der Waals surface area contributed by atoms with Crippen LogP contribution in [-0.2, 0) is 0 Å². The normalized spacial score (nSPS) is 11.9. The maximum absolute atomic E-state index is 10.7. The minimum atomic E-state index is -0.428. The molecule has 3 rings (SSSR count). The van der Waals surface area contributed by atoms with E-state index in [1.807, 2.05) is 31.2 Å². The van der Waals surface area contributed by atoms with Gasteiger partial charge in [-0.1, -0.05) is 17.3 Å². The summed E-state index contributed by atoms with van der Waals surface area (Å²) in [6.45, 7) is 1.91. The molecule has 1 heterocycles. The fourth-order valence-corrected chi connectivity index (χ4v) is 2.30.